The van der Waals surface area contributed by atoms with Gasteiger partial charge in [0.2, 0.25) is 15.8 Å². The van der Waals surface area contributed by atoms with Gasteiger partial charge in [0.15, 0.2) is 0 Å². The van der Waals surface area contributed by atoms with Crippen molar-refractivity contribution in [3.63, 3.8) is 0 Å². The Labute approximate surface area is 256 Å². The van der Waals surface area contributed by atoms with E-state index in [4.69, 9.17) is 21.1 Å². The van der Waals surface area contributed by atoms with Gasteiger partial charge in [-0.15, -0.1) is 0 Å². The van der Waals surface area contributed by atoms with Crippen molar-refractivity contribution < 1.29 is 22.7 Å². The Kier molecular flexibility index (Phi) is 9.00. The summed E-state index contributed by atoms with van der Waals surface area (Å²) >= 11 is 6.17. The Morgan fingerprint density at radius 1 is 1.05 bits per heavy atom. The van der Waals surface area contributed by atoms with Gasteiger partial charge in [-0.1, -0.05) is 29.8 Å². The molecule has 0 radical (unpaired) electrons. The minimum Gasteiger partial charge on any atom is -0.485 e. The average molecular weight is 630 g/mol. The van der Waals surface area contributed by atoms with Crippen LogP contribution in [-0.2, 0) is 25.3 Å². The van der Waals surface area contributed by atoms with E-state index in [-0.39, 0.29) is 49.2 Å². The largest absolute Gasteiger partial charge is 0.485 e. The highest BCUT2D eigenvalue weighted by Gasteiger charge is 2.45. The van der Waals surface area contributed by atoms with E-state index in [0.29, 0.717) is 29.5 Å². The SMILES string of the molecule is CC(=O)OCC1(COc2c(N3CCN(S(=O)(=O)Cc4ccc(N(C)C)cc4)CC3)cnn(-c3cccc(Cl)c3)c2=O)CC1. The second kappa shape index (κ2) is 12.6. The maximum Gasteiger partial charge on any atom is 0.316 e. The number of hydrogen-bond donors (Lipinski definition) is 0. The molecule has 2 fully saturated rings. The van der Waals surface area contributed by atoms with E-state index in [9.17, 15) is 18.0 Å². The van der Waals surface area contributed by atoms with Crippen molar-refractivity contribution in [2.45, 2.75) is 25.5 Å². The van der Waals surface area contributed by atoms with Gasteiger partial charge in [0.25, 0.3) is 0 Å². The molecule has 1 saturated carbocycles. The Hall–Kier alpha value is -3.61. The number of halogens is 1. The summed E-state index contributed by atoms with van der Waals surface area (Å²) < 4.78 is 40.7. The van der Waals surface area contributed by atoms with E-state index in [1.807, 2.05) is 48.2 Å². The topological polar surface area (TPSA) is 114 Å². The van der Waals surface area contributed by atoms with Crippen molar-refractivity contribution in [3.05, 3.63) is 75.7 Å². The number of anilines is 2. The number of carbonyl (C=O) groups is 1. The molecule has 1 saturated heterocycles. The van der Waals surface area contributed by atoms with Gasteiger partial charge in [-0.05, 0) is 48.7 Å². The molecule has 0 unspecified atom stereocenters. The zero-order valence-electron chi connectivity index (χ0n) is 24.5. The first-order chi connectivity index (χ1) is 20.5. The first-order valence-electron chi connectivity index (χ1n) is 14.1. The van der Waals surface area contributed by atoms with E-state index in [0.717, 1.165) is 24.1 Å². The van der Waals surface area contributed by atoms with Gasteiger partial charge in [-0.3, -0.25) is 9.59 Å². The summed E-state index contributed by atoms with van der Waals surface area (Å²) in [6, 6.07) is 14.3. The first-order valence-corrected chi connectivity index (χ1v) is 16.1. The minimum absolute atomic E-state index is 0.0866. The molecule has 13 heteroatoms. The van der Waals surface area contributed by atoms with E-state index in [1.54, 1.807) is 30.5 Å². The number of sulfonamides is 1. The molecular formula is C30H36ClN5O6S. The molecule has 2 heterocycles. The minimum atomic E-state index is -3.55. The summed E-state index contributed by atoms with van der Waals surface area (Å²) in [4.78, 5) is 29.0. The van der Waals surface area contributed by atoms with Gasteiger partial charge in [-0.2, -0.15) is 14.1 Å². The number of carbonyl (C=O) groups excluding carboxylic acids is 1. The van der Waals surface area contributed by atoms with Crippen molar-refractivity contribution in [3.8, 4) is 11.4 Å². The van der Waals surface area contributed by atoms with Crippen LogP contribution in [0.1, 0.15) is 25.3 Å². The molecule has 0 atom stereocenters. The predicted molar refractivity (Wildman–Crippen MR) is 166 cm³/mol. The highest BCUT2D eigenvalue weighted by atomic mass is 35.5. The second-order valence-corrected chi connectivity index (χ2v) is 13.7. The molecule has 1 aliphatic heterocycles. The van der Waals surface area contributed by atoms with Crippen molar-refractivity contribution in [1.82, 2.24) is 14.1 Å². The molecular weight excluding hydrogens is 594 g/mol. The Balaban J connectivity index is 1.34. The average Bonchev–Trinajstić information content (AvgIpc) is 3.75. The molecule has 1 aromatic heterocycles. The van der Waals surface area contributed by atoms with E-state index >= 15 is 0 Å². The molecule has 1 aliphatic carbocycles. The van der Waals surface area contributed by atoms with Gasteiger partial charge in [-0.25, -0.2) is 8.42 Å². The Bertz CT molecular complexity index is 1630. The van der Waals surface area contributed by atoms with Crippen molar-refractivity contribution in [2.24, 2.45) is 5.41 Å². The molecule has 3 aromatic rings. The first kappa shape index (κ1) is 30.8. The van der Waals surface area contributed by atoms with E-state index in [1.165, 1.54) is 15.9 Å². The zero-order chi connectivity index (χ0) is 30.8. The van der Waals surface area contributed by atoms with Crippen molar-refractivity contribution >= 4 is 39.0 Å². The third-order valence-electron chi connectivity index (χ3n) is 7.80. The predicted octanol–water partition coefficient (Wildman–Crippen LogP) is 3.33. The maximum absolute atomic E-state index is 13.8. The summed E-state index contributed by atoms with van der Waals surface area (Å²) in [5, 5.41) is 4.87. The van der Waals surface area contributed by atoms with Gasteiger partial charge in [0.05, 0.1) is 24.2 Å². The van der Waals surface area contributed by atoms with Crippen LogP contribution in [0, 0.1) is 5.41 Å². The Morgan fingerprint density at radius 2 is 1.74 bits per heavy atom. The quantitative estimate of drug-likeness (QED) is 0.295. The fourth-order valence-electron chi connectivity index (χ4n) is 4.97. The summed E-state index contributed by atoms with van der Waals surface area (Å²) in [5.41, 5.74) is 1.90. The molecule has 0 spiro atoms. The van der Waals surface area contributed by atoms with Crippen LogP contribution in [-0.4, -0.2) is 82.0 Å². The van der Waals surface area contributed by atoms with E-state index < -0.39 is 15.6 Å². The third kappa shape index (κ3) is 7.31. The number of ether oxygens (including phenoxy) is 2. The van der Waals surface area contributed by atoms with E-state index in [2.05, 4.69) is 5.10 Å². The van der Waals surface area contributed by atoms with Crippen LogP contribution in [0.15, 0.2) is 59.5 Å². The molecule has 0 N–H and O–H groups in total. The van der Waals surface area contributed by atoms with Crippen molar-refractivity contribution in [1.29, 1.82) is 0 Å². The van der Waals surface area contributed by atoms with Crippen LogP contribution in [0.2, 0.25) is 5.02 Å². The molecule has 11 nitrogen and oxygen atoms in total. The van der Waals surface area contributed by atoms with Crippen LogP contribution in [0.3, 0.4) is 0 Å². The summed E-state index contributed by atoms with van der Waals surface area (Å²) in [6.45, 7) is 3.01. The van der Waals surface area contributed by atoms with Crippen LogP contribution in [0.25, 0.3) is 5.69 Å². The number of rotatable bonds is 11. The summed E-state index contributed by atoms with van der Waals surface area (Å²) in [6.07, 6.45) is 3.20. The van der Waals surface area contributed by atoms with Gasteiger partial charge in [0.1, 0.15) is 12.3 Å². The van der Waals surface area contributed by atoms with Crippen LogP contribution < -0.4 is 20.1 Å². The van der Waals surface area contributed by atoms with Crippen LogP contribution >= 0.6 is 11.6 Å². The zero-order valence-corrected chi connectivity index (χ0v) is 26.1. The summed E-state index contributed by atoms with van der Waals surface area (Å²) in [7, 11) is 0.320. The highest BCUT2D eigenvalue weighted by molar-refractivity contribution is 7.88. The third-order valence-corrected chi connectivity index (χ3v) is 9.89. The van der Waals surface area contributed by atoms with Crippen LogP contribution in [0.4, 0.5) is 11.4 Å². The summed E-state index contributed by atoms with van der Waals surface area (Å²) in [5.74, 6) is -0.338. The molecule has 0 amide bonds. The molecule has 2 aliphatic rings. The van der Waals surface area contributed by atoms with Gasteiger partial charge < -0.3 is 19.3 Å². The molecule has 43 heavy (non-hydrogen) atoms. The monoisotopic (exact) mass is 629 g/mol. The number of benzene rings is 2. The Morgan fingerprint density at radius 3 is 2.35 bits per heavy atom. The lowest BCUT2D eigenvalue weighted by molar-refractivity contribution is -0.143. The number of nitrogens with zero attached hydrogens (tertiary/aromatic N) is 5. The standard InChI is InChI=1S/C30H36ClN5O6S/c1-22(37)41-20-30(11-12-30)21-42-28-27(18-32-36(29(28)38)26-6-4-5-24(31)17-26)34-13-15-35(16-14-34)43(39,40)19-23-7-9-25(10-8-23)33(2)3/h4-10,17-18H,11-16,19-21H2,1-3H3. The molecule has 2 aromatic carbocycles. The lowest BCUT2D eigenvalue weighted by atomic mass is 10.1. The molecule has 230 valence electrons. The lowest BCUT2D eigenvalue weighted by Gasteiger charge is -2.35. The normalized spacial score (nSPS) is 16.5. The maximum atomic E-state index is 13.8. The highest BCUT2D eigenvalue weighted by Crippen LogP contribution is 2.46. The fraction of sp³-hybridized carbons (Fsp3) is 0.433. The van der Waals surface area contributed by atoms with Crippen LogP contribution in [0.5, 0.6) is 5.75 Å². The fourth-order valence-corrected chi connectivity index (χ4v) is 6.67. The van der Waals surface area contributed by atoms with Gasteiger partial charge >= 0.3 is 11.5 Å². The molecule has 0 bridgehead atoms. The number of piperazine rings is 1. The second-order valence-electron chi connectivity index (χ2n) is 11.3. The molecule has 5 rings (SSSR count). The number of hydrogen-bond acceptors (Lipinski definition) is 9. The van der Waals surface area contributed by atoms with Gasteiger partial charge in [0, 0.05) is 63.3 Å². The number of aromatic nitrogens is 2. The lowest BCUT2D eigenvalue weighted by Crippen LogP contribution is -2.49. The smallest absolute Gasteiger partial charge is 0.316 e. The number of esters is 1. The van der Waals surface area contributed by atoms with Crippen molar-refractivity contribution in [2.75, 3.05) is 63.3 Å².